The minimum atomic E-state index is -0.0612. The van der Waals surface area contributed by atoms with E-state index in [0.717, 1.165) is 25.6 Å². The highest BCUT2D eigenvalue weighted by Crippen LogP contribution is 2.25. The molecule has 1 aliphatic carbocycles. The van der Waals surface area contributed by atoms with E-state index in [1.54, 1.807) is 0 Å². The fourth-order valence-corrected chi connectivity index (χ4v) is 3.56. The standard InChI is InChI=1S/C16H30N2O2/c1-2-20-16(19)13-18(15-9-6-10-17-11-15)12-14-7-4-3-5-8-14/h14-15,17H,2-13H2,1H3/t15-/m0/s1. The maximum absolute atomic E-state index is 11.9. The van der Waals surface area contributed by atoms with Gasteiger partial charge in [0.2, 0.25) is 0 Å². The normalized spacial score (nSPS) is 24.8. The van der Waals surface area contributed by atoms with Gasteiger partial charge in [0.25, 0.3) is 0 Å². The molecule has 1 aliphatic heterocycles. The number of esters is 1. The Morgan fingerprint density at radius 2 is 2.00 bits per heavy atom. The van der Waals surface area contributed by atoms with Gasteiger partial charge in [-0.25, -0.2) is 0 Å². The first-order valence-electron chi connectivity index (χ1n) is 8.40. The van der Waals surface area contributed by atoms with Crippen molar-refractivity contribution in [2.24, 2.45) is 5.92 Å². The third kappa shape index (κ3) is 5.06. The number of nitrogens with one attached hydrogen (secondary N) is 1. The van der Waals surface area contributed by atoms with Gasteiger partial charge < -0.3 is 10.1 Å². The van der Waals surface area contributed by atoms with Crippen LogP contribution >= 0.6 is 0 Å². The first-order valence-corrected chi connectivity index (χ1v) is 8.40. The van der Waals surface area contributed by atoms with E-state index in [9.17, 15) is 4.79 Å². The van der Waals surface area contributed by atoms with Crippen LogP contribution in [0.15, 0.2) is 0 Å². The van der Waals surface area contributed by atoms with E-state index in [4.69, 9.17) is 4.74 Å². The van der Waals surface area contributed by atoms with Gasteiger partial charge in [0.15, 0.2) is 0 Å². The second kappa shape index (κ2) is 8.63. The molecule has 0 unspecified atom stereocenters. The molecule has 0 aromatic heterocycles. The minimum Gasteiger partial charge on any atom is -0.465 e. The maximum Gasteiger partial charge on any atom is 0.320 e. The number of hydrogen-bond donors (Lipinski definition) is 1. The van der Waals surface area contributed by atoms with Crippen molar-refractivity contribution in [1.29, 1.82) is 0 Å². The van der Waals surface area contributed by atoms with Gasteiger partial charge in [-0.3, -0.25) is 9.69 Å². The van der Waals surface area contributed by atoms with Crippen LogP contribution in [-0.4, -0.2) is 49.7 Å². The fourth-order valence-electron chi connectivity index (χ4n) is 3.56. The van der Waals surface area contributed by atoms with Crippen LogP contribution in [0.3, 0.4) is 0 Å². The number of piperidine rings is 1. The Labute approximate surface area is 123 Å². The zero-order valence-electron chi connectivity index (χ0n) is 12.9. The molecule has 4 nitrogen and oxygen atoms in total. The summed E-state index contributed by atoms with van der Waals surface area (Å²) in [6.07, 6.45) is 9.20. The molecule has 0 amide bonds. The van der Waals surface area contributed by atoms with Crippen LogP contribution in [0, 0.1) is 5.92 Å². The Bertz CT molecular complexity index is 284. The van der Waals surface area contributed by atoms with Crippen molar-refractivity contribution in [2.45, 2.75) is 57.9 Å². The molecule has 0 spiro atoms. The van der Waals surface area contributed by atoms with Gasteiger partial charge in [-0.1, -0.05) is 19.3 Å². The molecule has 2 aliphatic rings. The molecule has 116 valence electrons. The van der Waals surface area contributed by atoms with Gasteiger partial charge in [0.1, 0.15) is 0 Å². The molecule has 2 fully saturated rings. The van der Waals surface area contributed by atoms with Crippen LogP contribution < -0.4 is 5.32 Å². The number of ether oxygens (including phenoxy) is 1. The highest BCUT2D eigenvalue weighted by molar-refractivity contribution is 5.71. The Morgan fingerprint density at radius 1 is 1.20 bits per heavy atom. The van der Waals surface area contributed by atoms with E-state index >= 15 is 0 Å². The Balaban J connectivity index is 1.88. The lowest BCUT2D eigenvalue weighted by atomic mass is 9.88. The second-order valence-corrected chi connectivity index (χ2v) is 6.24. The van der Waals surface area contributed by atoms with Crippen LogP contribution in [0.5, 0.6) is 0 Å². The minimum absolute atomic E-state index is 0.0612. The molecule has 1 N–H and O–H groups in total. The van der Waals surface area contributed by atoms with E-state index in [1.807, 2.05) is 6.92 Å². The highest BCUT2D eigenvalue weighted by Gasteiger charge is 2.26. The van der Waals surface area contributed by atoms with Crippen LogP contribution in [0.1, 0.15) is 51.9 Å². The Morgan fingerprint density at radius 3 is 2.65 bits per heavy atom. The lowest BCUT2D eigenvalue weighted by Crippen LogP contribution is -2.49. The van der Waals surface area contributed by atoms with E-state index in [0.29, 0.717) is 19.2 Å². The molecule has 0 aromatic carbocycles. The van der Waals surface area contributed by atoms with Crippen LogP contribution in [-0.2, 0) is 9.53 Å². The number of hydrogen-bond acceptors (Lipinski definition) is 4. The molecule has 0 bridgehead atoms. The molecular formula is C16H30N2O2. The monoisotopic (exact) mass is 282 g/mol. The van der Waals surface area contributed by atoms with Gasteiger partial charge in [-0.2, -0.15) is 0 Å². The Hall–Kier alpha value is -0.610. The van der Waals surface area contributed by atoms with Crippen molar-refractivity contribution in [3.8, 4) is 0 Å². The molecule has 20 heavy (non-hydrogen) atoms. The van der Waals surface area contributed by atoms with Crippen molar-refractivity contribution in [3.05, 3.63) is 0 Å². The summed E-state index contributed by atoms with van der Waals surface area (Å²) < 4.78 is 5.15. The van der Waals surface area contributed by atoms with Crippen molar-refractivity contribution in [1.82, 2.24) is 10.2 Å². The predicted octanol–water partition coefficient (Wildman–Crippen LogP) is 2.18. The van der Waals surface area contributed by atoms with E-state index in [-0.39, 0.29) is 5.97 Å². The maximum atomic E-state index is 11.9. The van der Waals surface area contributed by atoms with Crippen LogP contribution in [0.2, 0.25) is 0 Å². The average molecular weight is 282 g/mol. The van der Waals surface area contributed by atoms with Gasteiger partial charge in [-0.05, 0) is 45.1 Å². The summed E-state index contributed by atoms with van der Waals surface area (Å²) in [6.45, 7) is 6.05. The number of carbonyl (C=O) groups is 1. The predicted molar refractivity (Wildman–Crippen MR) is 80.7 cm³/mol. The first kappa shape index (κ1) is 15.8. The molecule has 2 rings (SSSR count). The smallest absolute Gasteiger partial charge is 0.320 e. The molecular weight excluding hydrogens is 252 g/mol. The molecule has 4 heteroatoms. The zero-order valence-corrected chi connectivity index (χ0v) is 12.9. The van der Waals surface area contributed by atoms with Crippen LogP contribution in [0.25, 0.3) is 0 Å². The largest absolute Gasteiger partial charge is 0.465 e. The molecule has 1 saturated carbocycles. The van der Waals surface area contributed by atoms with E-state index < -0.39 is 0 Å². The molecule has 1 saturated heterocycles. The molecule has 0 radical (unpaired) electrons. The summed E-state index contributed by atoms with van der Waals surface area (Å²) in [6, 6.07) is 0.509. The topological polar surface area (TPSA) is 41.6 Å². The number of rotatable bonds is 6. The average Bonchev–Trinajstić information content (AvgIpc) is 2.49. The van der Waals surface area contributed by atoms with Gasteiger partial charge >= 0.3 is 5.97 Å². The lowest BCUT2D eigenvalue weighted by molar-refractivity contribution is -0.145. The van der Waals surface area contributed by atoms with E-state index in [1.165, 1.54) is 44.9 Å². The third-order valence-electron chi connectivity index (χ3n) is 4.64. The summed E-state index contributed by atoms with van der Waals surface area (Å²) in [7, 11) is 0. The highest BCUT2D eigenvalue weighted by atomic mass is 16.5. The number of nitrogens with zero attached hydrogens (tertiary/aromatic N) is 1. The molecule has 0 aromatic rings. The summed E-state index contributed by atoms with van der Waals surface area (Å²) in [5.41, 5.74) is 0. The van der Waals surface area contributed by atoms with Gasteiger partial charge in [-0.15, -0.1) is 0 Å². The number of carbonyl (C=O) groups excluding carboxylic acids is 1. The first-order chi connectivity index (χ1) is 9.79. The molecule has 1 heterocycles. The van der Waals surface area contributed by atoms with Crippen molar-refractivity contribution in [2.75, 3.05) is 32.8 Å². The summed E-state index contributed by atoms with van der Waals surface area (Å²) in [5.74, 6) is 0.717. The van der Waals surface area contributed by atoms with E-state index in [2.05, 4.69) is 10.2 Å². The van der Waals surface area contributed by atoms with Crippen molar-refractivity contribution < 1.29 is 9.53 Å². The van der Waals surface area contributed by atoms with Crippen molar-refractivity contribution in [3.63, 3.8) is 0 Å². The van der Waals surface area contributed by atoms with Crippen molar-refractivity contribution >= 4 is 5.97 Å². The fraction of sp³-hybridized carbons (Fsp3) is 0.938. The summed E-state index contributed by atoms with van der Waals surface area (Å²) >= 11 is 0. The quantitative estimate of drug-likeness (QED) is 0.758. The SMILES string of the molecule is CCOC(=O)CN(CC1CCCCC1)[C@H]1CCCNC1. The third-order valence-corrected chi connectivity index (χ3v) is 4.64. The second-order valence-electron chi connectivity index (χ2n) is 6.24. The van der Waals surface area contributed by atoms with Gasteiger partial charge in [0.05, 0.1) is 13.2 Å². The zero-order chi connectivity index (χ0) is 14.2. The Kier molecular flexibility index (Phi) is 6.80. The van der Waals surface area contributed by atoms with Crippen LogP contribution in [0.4, 0.5) is 0 Å². The van der Waals surface area contributed by atoms with Gasteiger partial charge in [0, 0.05) is 19.1 Å². The summed E-state index contributed by atoms with van der Waals surface area (Å²) in [4.78, 5) is 14.2. The summed E-state index contributed by atoms with van der Waals surface area (Å²) in [5, 5.41) is 3.46. The lowest BCUT2D eigenvalue weighted by Gasteiger charge is -2.37. The molecule has 1 atom stereocenters.